The number of pyridine rings is 1. The van der Waals surface area contributed by atoms with Crippen LogP contribution < -0.4 is 15.5 Å². The van der Waals surface area contributed by atoms with Gasteiger partial charge in [0.25, 0.3) is 0 Å². The van der Waals surface area contributed by atoms with Crippen molar-refractivity contribution in [3.63, 3.8) is 0 Å². The van der Waals surface area contributed by atoms with Crippen LogP contribution in [-0.2, 0) is 0 Å². The van der Waals surface area contributed by atoms with Gasteiger partial charge in [-0.3, -0.25) is 0 Å². The molecule has 3 aromatic heterocycles. The van der Waals surface area contributed by atoms with E-state index in [0.717, 1.165) is 48.2 Å². The molecule has 1 saturated heterocycles. The summed E-state index contributed by atoms with van der Waals surface area (Å²) in [6.07, 6.45) is 2.89. The number of aromatic amines is 1. The van der Waals surface area contributed by atoms with Crippen LogP contribution in [0.15, 0.2) is 36.7 Å². The van der Waals surface area contributed by atoms with Gasteiger partial charge >= 0.3 is 0 Å². The number of rotatable bonds is 5. The van der Waals surface area contributed by atoms with Gasteiger partial charge in [-0.25, -0.2) is 23.7 Å². The van der Waals surface area contributed by atoms with Crippen molar-refractivity contribution in [1.29, 1.82) is 0 Å². The van der Waals surface area contributed by atoms with E-state index in [1.807, 2.05) is 19.1 Å². The summed E-state index contributed by atoms with van der Waals surface area (Å²) in [7, 11) is 0. The van der Waals surface area contributed by atoms with Crippen LogP contribution >= 0.6 is 0 Å². The van der Waals surface area contributed by atoms with Crippen molar-refractivity contribution in [1.82, 2.24) is 25.3 Å². The number of anilines is 3. The Morgan fingerprint density at radius 3 is 2.66 bits per heavy atom. The lowest BCUT2D eigenvalue weighted by Crippen LogP contribution is -2.49. The van der Waals surface area contributed by atoms with Crippen molar-refractivity contribution in [2.75, 3.05) is 29.9 Å². The Labute approximate surface area is 203 Å². The second kappa shape index (κ2) is 9.22. The summed E-state index contributed by atoms with van der Waals surface area (Å²) in [6, 6.07) is 7.34. The van der Waals surface area contributed by atoms with E-state index in [9.17, 15) is 8.78 Å². The summed E-state index contributed by atoms with van der Waals surface area (Å²) in [4.78, 5) is 18.3. The molecule has 0 bridgehead atoms. The molecular weight excluding hydrogens is 448 g/mol. The molecule has 1 unspecified atom stereocenters. The highest BCUT2D eigenvalue weighted by molar-refractivity contribution is 5.89. The van der Waals surface area contributed by atoms with Gasteiger partial charge in [-0.1, -0.05) is 13.8 Å². The third-order valence-corrected chi connectivity index (χ3v) is 6.41. The third-order valence-electron chi connectivity index (χ3n) is 6.41. The van der Waals surface area contributed by atoms with Crippen LogP contribution in [0.1, 0.15) is 37.9 Å². The van der Waals surface area contributed by atoms with E-state index in [1.54, 1.807) is 12.3 Å². The number of nitrogens with zero attached hydrogens (tertiary/aromatic N) is 4. The number of benzene rings is 1. The van der Waals surface area contributed by atoms with Crippen LogP contribution in [0, 0.1) is 18.6 Å². The van der Waals surface area contributed by atoms with Gasteiger partial charge in [-0.2, -0.15) is 0 Å². The Balaban J connectivity index is 1.43. The molecule has 0 amide bonds. The molecular formula is C26H29F2N7. The summed E-state index contributed by atoms with van der Waals surface area (Å²) < 4.78 is 29.7. The molecule has 1 aliphatic heterocycles. The number of piperazine rings is 1. The fraction of sp³-hybridized carbons (Fsp3) is 0.346. The van der Waals surface area contributed by atoms with Crippen LogP contribution in [0.3, 0.4) is 0 Å². The van der Waals surface area contributed by atoms with Gasteiger partial charge in [0.1, 0.15) is 17.3 Å². The Morgan fingerprint density at radius 2 is 1.94 bits per heavy atom. The first-order valence-corrected chi connectivity index (χ1v) is 11.9. The molecule has 0 saturated carbocycles. The number of H-pyrrole nitrogens is 1. The molecule has 4 heterocycles. The number of hydrogen-bond donors (Lipinski definition) is 3. The van der Waals surface area contributed by atoms with Crippen LogP contribution in [0.2, 0.25) is 0 Å². The number of nitrogens with one attached hydrogen (secondary N) is 3. The Morgan fingerprint density at radius 1 is 1.11 bits per heavy atom. The first-order chi connectivity index (χ1) is 16.8. The summed E-state index contributed by atoms with van der Waals surface area (Å²) in [5.41, 5.74) is 3.76. The van der Waals surface area contributed by atoms with Gasteiger partial charge < -0.3 is 20.5 Å². The minimum atomic E-state index is -0.621. The summed E-state index contributed by atoms with van der Waals surface area (Å²) in [6.45, 7) is 10.9. The molecule has 5 rings (SSSR count). The molecule has 7 nitrogen and oxygen atoms in total. The highest BCUT2D eigenvalue weighted by Gasteiger charge is 2.19. The van der Waals surface area contributed by atoms with Crippen molar-refractivity contribution in [3.8, 4) is 11.3 Å². The average Bonchev–Trinajstić information content (AvgIpc) is 3.17. The quantitative estimate of drug-likeness (QED) is 0.363. The van der Waals surface area contributed by atoms with Crippen molar-refractivity contribution >= 4 is 28.4 Å². The van der Waals surface area contributed by atoms with Crippen LogP contribution in [0.4, 0.5) is 26.2 Å². The number of halogens is 2. The maximum absolute atomic E-state index is 15.0. The van der Waals surface area contributed by atoms with E-state index in [2.05, 4.69) is 56.2 Å². The van der Waals surface area contributed by atoms with Gasteiger partial charge in [0.2, 0.25) is 5.95 Å². The third kappa shape index (κ3) is 4.55. The van der Waals surface area contributed by atoms with Crippen molar-refractivity contribution in [2.45, 2.75) is 39.7 Å². The first kappa shape index (κ1) is 23.2. The molecule has 0 aliphatic carbocycles. The highest BCUT2D eigenvalue weighted by atomic mass is 19.1. The molecule has 3 N–H and O–H groups in total. The van der Waals surface area contributed by atoms with Gasteiger partial charge in [-0.15, -0.1) is 0 Å². The van der Waals surface area contributed by atoms with E-state index in [4.69, 9.17) is 0 Å². The van der Waals surface area contributed by atoms with Gasteiger partial charge in [0.05, 0.1) is 23.6 Å². The van der Waals surface area contributed by atoms with Crippen molar-refractivity contribution in [3.05, 3.63) is 59.6 Å². The van der Waals surface area contributed by atoms with Crippen LogP contribution in [0.25, 0.3) is 22.2 Å². The number of hydrogen-bond acceptors (Lipinski definition) is 6. The molecule has 1 fully saturated rings. The summed E-state index contributed by atoms with van der Waals surface area (Å²) >= 11 is 0. The maximum atomic E-state index is 15.0. The molecule has 1 atom stereocenters. The molecule has 9 heteroatoms. The predicted octanol–water partition coefficient (Wildman–Crippen LogP) is 5.27. The predicted molar refractivity (Wildman–Crippen MR) is 135 cm³/mol. The SMILES string of the molecule is Cc1[nH]c2c(F)cc(-c3nc(Nc4ccc(N5CCNC(C)C5)cn4)ncc3F)cc2c1C(C)C. The summed E-state index contributed by atoms with van der Waals surface area (Å²) in [5, 5.41) is 7.20. The standard InChI is InChI=1S/C26H29F2N7/c1-14(2)23-16(4)32-25-19(23)9-17(10-20(25)27)24-21(28)12-31-26(34-24)33-22-6-5-18(11-30-22)35-8-7-29-15(3)13-35/h5-6,9-12,14-15,29,32H,7-8,13H2,1-4H3,(H,30,31,33,34). The molecule has 1 aliphatic rings. The minimum Gasteiger partial charge on any atom is -0.367 e. The fourth-order valence-corrected chi connectivity index (χ4v) is 4.84. The van der Waals surface area contributed by atoms with Gasteiger partial charge in [-0.05, 0) is 49.6 Å². The fourth-order valence-electron chi connectivity index (χ4n) is 4.84. The molecule has 0 radical (unpaired) electrons. The highest BCUT2D eigenvalue weighted by Crippen LogP contribution is 2.34. The lowest BCUT2D eigenvalue weighted by atomic mass is 9.98. The second-order valence-corrected chi connectivity index (χ2v) is 9.42. The van der Waals surface area contributed by atoms with E-state index in [1.165, 1.54) is 6.07 Å². The average molecular weight is 478 g/mol. The van der Waals surface area contributed by atoms with Crippen LogP contribution in [-0.4, -0.2) is 45.6 Å². The zero-order valence-corrected chi connectivity index (χ0v) is 20.3. The molecule has 182 valence electrons. The van der Waals surface area contributed by atoms with E-state index >= 15 is 0 Å². The molecule has 0 spiro atoms. The first-order valence-electron chi connectivity index (χ1n) is 11.9. The monoisotopic (exact) mass is 477 g/mol. The van der Waals surface area contributed by atoms with Crippen molar-refractivity contribution < 1.29 is 8.78 Å². The minimum absolute atomic E-state index is 0.0308. The normalized spacial score (nSPS) is 16.3. The van der Waals surface area contributed by atoms with Gasteiger partial charge in [0, 0.05) is 42.3 Å². The molecule has 35 heavy (non-hydrogen) atoms. The molecule has 4 aromatic rings. The second-order valence-electron chi connectivity index (χ2n) is 9.42. The molecule has 1 aromatic carbocycles. The van der Waals surface area contributed by atoms with E-state index in [0.29, 0.717) is 22.9 Å². The van der Waals surface area contributed by atoms with E-state index < -0.39 is 11.6 Å². The zero-order valence-electron chi connectivity index (χ0n) is 20.3. The summed E-state index contributed by atoms with van der Waals surface area (Å²) in [5.74, 6) is -0.153. The van der Waals surface area contributed by atoms with Crippen molar-refractivity contribution in [2.24, 2.45) is 0 Å². The number of aryl methyl sites for hydroxylation is 1. The Hall–Kier alpha value is -3.59. The maximum Gasteiger partial charge on any atom is 0.229 e. The smallest absolute Gasteiger partial charge is 0.229 e. The number of fused-ring (bicyclic) bond motifs is 1. The Kier molecular flexibility index (Phi) is 6.10. The lowest BCUT2D eigenvalue weighted by molar-refractivity contribution is 0.484. The Bertz CT molecular complexity index is 1360. The van der Waals surface area contributed by atoms with E-state index in [-0.39, 0.29) is 17.6 Å². The zero-order chi connectivity index (χ0) is 24.7. The lowest BCUT2D eigenvalue weighted by Gasteiger charge is -2.33. The largest absolute Gasteiger partial charge is 0.367 e. The topological polar surface area (TPSA) is 81.8 Å². The number of aromatic nitrogens is 4. The van der Waals surface area contributed by atoms with Gasteiger partial charge in [0.15, 0.2) is 5.82 Å². The van der Waals surface area contributed by atoms with Crippen LogP contribution in [0.5, 0.6) is 0 Å².